The van der Waals surface area contributed by atoms with Crippen LogP contribution in [0.4, 0.5) is 10.1 Å². The van der Waals surface area contributed by atoms with Gasteiger partial charge in [-0.25, -0.2) is 12.8 Å². The summed E-state index contributed by atoms with van der Waals surface area (Å²) in [7, 11) is -3.92. The fraction of sp³-hybridized carbons (Fsp3) is 0.364. The second kappa shape index (κ2) is 10.6. The molecule has 0 aliphatic carbocycles. The average molecular weight is 608 g/mol. The van der Waals surface area contributed by atoms with Gasteiger partial charge in [0.25, 0.3) is 0 Å². The van der Waals surface area contributed by atoms with E-state index in [1.54, 1.807) is 17.0 Å². The molecule has 4 rings (SSSR count). The van der Waals surface area contributed by atoms with Crippen molar-refractivity contribution in [2.75, 3.05) is 37.6 Å². The number of amides is 1. The third-order valence-electron chi connectivity index (χ3n) is 5.73. The van der Waals surface area contributed by atoms with E-state index in [2.05, 4.69) is 26.4 Å². The van der Waals surface area contributed by atoms with Gasteiger partial charge in [0.15, 0.2) is 0 Å². The second-order valence-electron chi connectivity index (χ2n) is 8.16. The van der Waals surface area contributed by atoms with Gasteiger partial charge in [-0.15, -0.1) is 0 Å². The number of halogens is 4. The standard InChI is InChI=1S/C22H22BrCl2FN4O4S/c1-13(31)27-12-16-11-20(28-34-16)14-2-3-21(19(26)8-14)29-4-6-30(7-5-29)35(32,33)22-17(24)9-15(23)10-18(22)25/h2-3,8-10,16H,4-7,11-12H2,1H3,(H,27,31). The smallest absolute Gasteiger partial charge is 0.246 e. The van der Waals surface area contributed by atoms with Crippen molar-refractivity contribution in [1.82, 2.24) is 9.62 Å². The van der Waals surface area contributed by atoms with Crippen molar-refractivity contribution in [2.45, 2.75) is 24.3 Å². The van der Waals surface area contributed by atoms with Crippen molar-refractivity contribution in [2.24, 2.45) is 5.16 Å². The van der Waals surface area contributed by atoms with Crippen LogP contribution in [0, 0.1) is 5.82 Å². The Bertz CT molecular complexity index is 1260. The van der Waals surface area contributed by atoms with Crippen molar-refractivity contribution >= 4 is 66.5 Å². The Balaban J connectivity index is 1.42. The summed E-state index contributed by atoms with van der Waals surface area (Å²) in [5, 5.41) is 6.76. The molecule has 1 amide bonds. The van der Waals surface area contributed by atoms with Gasteiger partial charge in [0.1, 0.15) is 16.8 Å². The van der Waals surface area contributed by atoms with E-state index in [0.29, 0.717) is 47.5 Å². The van der Waals surface area contributed by atoms with E-state index in [9.17, 15) is 13.2 Å². The van der Waals surface area contributed by atoms with E-state index in [0.717, 1.165) is 0 Å². The Morgan fingerprint density at radius 1 is 1.20 bits per heavy atom. The average Bonchev–Trinajstić information content (AvgIpc) is 3.26. The molecule has 2 aromatic carbocycles. The maximum atomic E-state index is 15.0. The van der Waals surface area contributed by atoms with Crippen LogP contribution in [0.1, 0.15) is 18.9 Å². The number of sulfonamides is 1. The number of rotatable bonds is 6. The predicted octanol–water partition coefficient (Wildman–Crippen LogP) is 4.04. The largest absolute Gasteiger partial charge is 0.390 e. The van der Waals surface area contributed by atoms with E-state index in [4.69, 9.17) is 28.0 Å². The molecule has 35 heavy (non-hydrogen) atoms. The Morgan fingerprint density at radius 3 is 2.46 bits per heavy atom. The Morgan fingerprint density at radius 2 is 1.86 bits per heavy atom. The molecule has 13 heteroatoms. The highest BCUT2D eigenvalue weighted by Gasteiger charge is 2.33. The molecule has 2 aliphatic heterocycles. The fourth-order valence-electron chi connectivity index (χ4n) is 3.98. The minimum atomic E-state index is -3.92. The van der Waals surface area contributed by atoms with Crippen molar-refractivity contribution in [3.8, 4) is 0 Å². The minimum absolute atomic E-state index is 0.0339. The van der Waals surface area contributed by atoms with Gasteiger partial charge in [-0.1, -0.05) is 50.4 Å². The van der Waals surface area contributed by atoms with Crippen LogP contribution < -0.4 is 10.2 Å². The monoisotopic (exact) mass is 606 g/mol. The summed E-state index contributed by atoms with van der Waals surface area (Å²) in [6, 6.07) is 7.76. The number of anilines is 1. The van der Waals surface area contributed by atoms with E-state index < -0.39 is 15.8 Å². The molecule has 188 valence electrons. The maximum Gasteiger partial charge on any atom is 0.246 e. The summed E-state index contributed by atoms with van der Waals surface area (Å²) in [5.74, 6) is -0.598. The number of carbonyl (C=O) groups is 1. The number of nitrogens with one attached hydrogen (secondary N) is 1. The van der Waals surface area contributed by atoms with Crippen molar-refractivity contribution in [1.29, 1.82) is 0 Å². The lowest BCUT2D eigenvalue weighted by Crippen LogP contribution is -2.49. The molecule has 2 aliphatic rings. The number of nitrogens with zero attached hydrogens (tertiary/aromatic N) is 3. The van der Waals surface area contributed by atoms with Crippen LogP contribution in [0.2, 0.25) is 10.0 Å². The van der Waals surface area contributed by atoms with Gasteiger partial charge in [0.05, 0.1) is 28.0 Å². The van der Waals surface area contributed by atoms with Crippen molar-refractivity contribution in [3.05, 3.63) is 56.2 Å². The summed E-state index contributed by atoms with van der Waals surface area (Å²) in [5.41, 5.74) is 1.57. The zero-order valence-electron chi connectivity index (χ0n) is 18.6. The first-order chi connectivity index (χ1) is 16.6. The van der Waals surface area contributed by atoms with E-state index in [1.165, 1.54) is 29.4 Å². The highest BCUT2D eigenvalue weighted by atomic mass is 79.9. The zero-order valence-corrected chi connectivity index (χ0v) is 22.5. The van der Waals surface area contributed by atoms with Crippen LogP contribution in [0.25, 0.3) is 0 Å². The van der Waals surface area contributed by atoms with Crippen molar-refractivity contribution in [3.63, 3.8) is 0 Å². The van der Waals surface area contributed by atoms with Gasteiger partial charge >= 0.3 is 0 Å². The molecular formula is C22H22BrCl2FN4O4S. The first-order valence-corrected chi connectivity index (χ1v) is 13.7. The molecule has 1 fully saturated rings. The topological polar surface area (TPSA) is 91.3 Å². The Labute approximate surface area is 221 Å². The number of oxime groups is 1. The molecule has 2 aromatic rings. The van der Waals surface area contributed by atoms with Crippen LogP contribution in [-0.4, -0.2) is 63.2 Å². The quantitative estimate of drug-likeness (QED) is 0.535. The Kier molecular flexibility index (Phi) is 7.92. The summed E-state index contributed by atoms with van der Waals surface area (Å²) in [6.07, 6.45) is 0.163. The first kappa shape index (κ1) is 26.2. The molecule has 0 radical (unpaired) electrons. The lowest BCUT2D eigenvalue weighted by Gasteiger charge is -2.35. The van der Waals surface area contributed by atoms with E-state index in [-0.39, 0.29) is 40.0 Å². The molecule has 1 unspecified atom stereocenters. The zero-order chi connectivity index (χ0) is 25.3. The van der Waals surface area contributed by atoms with Gasteiger partial charge < -0.3 is 15.1 Å². The number of piperazine rings is 1. The summed E-state index contributed by atoms with van der Waals surface area (Å²) in [4.78, 5) is 18.0. The van der Waals surface area contributed by atoms with Gasteiger partial charge in [-0.2, -0.15) is 4.31 Å². The highest BCUT2D eigenvalue weighted by molar-refractivity contribution is 9.10. The van der Waals surface area contributed by atoms with Gasteiger partial charge in [0, 0.05) is 49.6 Å². The second-order valence-corrected chi connectivity index (χ2v) is 11.8. The summed E-state index contributed by atoms with van der Waals surface area (Å²) >= 11 is 15.6. The van der Waals surface area contributed by atoms with Gasteiger partial charge in [0.2, 0.25) is 15.9 Å². The number of carbonyl (C=O) groups excluding carboxylic acids is 1. The van der Waals surface area contributed by atoms with Crippen LogP contribution in [0.5, 0.6) is 0 Å². The van der Waals surface area contributed by atoms with E-state index in [1.807, 2.05) is 0 Å². The number of hydrogen-bond donors (Lipinski definition) is 1. The van der Waals surface area contributed by atoms with Crippen LogP contribution in [0.15, 0.2) is 44.9 Å². The summed E-state index contributed by atoms with van der Waals surface area (Å²) < 4.78 is 43.2. The maximum absolute atomic E-state index is 15.0. The highest BCUT2D eigenvalue weighted by Crippen LogP contribution is 2.35. The summed E-state index contributed by atoms with van der Waals surface area (Å²) in [6.45, 7) is 2.64. The lowest BCUT2D eigenvalue weighted by molar-refractivity contribution is -0.119. The fourth-order valence-corrected chi connectivity index (χ4v) is 7.29. The van der Waals surface area contributed by atoms with Crippen LogP contribution in [0.3, 0.4) is 0 Å². The van der Waals surface area contributed by atoms with Gasteiger partial charge in [-0.3, -0.25) is 4.79 Å². The minimum Gasteiger partial charge on any atom is -0.390 e. The molecule has 1 atom stereocenters. The predicted molar refractivity (Wildman–Crippen MR) is 136 cm³/mol. The third kappa shape index (κ3) is 5.75. The molecule has 1 N–H and O–H groups in total. The molecule has 0 saturated carbocycles. The molecular weight excluding hydrogens is 586 g/mol. The van der Waals surface area contributed by atoms with E-state index >= 15 is 4.39 Å². The number of hydrogen-bond acceptors (Lipinski definition) is 6. The SMILES string of the molecule is CC(=O)NCC1CC(c2ccc(N3CCN(S(=O)(=O)c4c(Cl)cc(Br)cc4Cl)CC3)c(F)c2)=NO1. The molecule has 0 spiro atoms. The van der Waals surface area contributed by atoms with Crippen molar-refractivity contribution < 1.29 is 22.4 Å². The van der Waals surface area contributed by atoms with Gasteiger partial charge in [-0.05, 0) is 24.3 Å². The lowest BCUT2D eigenvalue weighted by atomic mass is 10.0. The van der Waals surface area contributed by atoms with Crippen LogP contribution >= 0.6 is 39.1 Å². The molecule has 0 aromatic heterocycles. The number of benzene rings is 2. The Hall–Kier alpha value is -1.92. The molecule has 0 bridgehead atoms. The molecule has 1 saturated heterocycles. The first-order valence-electron chi connectivity index (χ1n) is 10.7. The van der Waals surface area contributed by atoms with Crippen LogP contribution in [-0.2, 0) is 19.7 Å². The normalized spacial score (nSPS) is 18.8. The third-order valence-corrected chi connectivity index (χ3v) is 9.01. The molecule has 2 heterocycles. The molecule has 8 nitrogen and oxygen atoms in total.